The van der Waals surface area contributed by atoms with Crippen LogP contribution < -0.4 is 4.74 Å². The van der Waals surface area contributed by atoms with E-state index >= 15 is 0 Å². The molecule has 1 aromatic heterocycles. The number of nitrogens with zero attached hydrogens (tertiary/aromatic N) is 1. The van der Waals surface area contributed by atoms with Crippen LogP contribution >= 0.6 is 11.6 Å². The van der Waals surface area contributed by atoms with Crippen LogP contribution in [-0.2, 0) is 0 Å². The molecule has 0 spiro atoms. The largest absolute Gasteiger partial charge is 0.457 e. The van der Waals surface area contributed by atoms with Crippen molar-refractivity contribution in [1.29, 1.82) is 0 Å². The Morgan fingerprint density at radius 3 is 2.73 bits per heavy atom. The second kappa shape index (κ2) is 6.16. The lowest BCUT2D eigenvalue weighted by atomic mass is 10.00. The second-order valence-electron chi connectivity index (χ2n) is 4.88. The van der Waals surface area contributed by atoms with E-state index in [1.54, 1.807) is 18.3 Å². The number of benzene rings is 2. The first-order valence-corrected chi connectivity index (χ1v) is 7.40. The fourth-order valence-corrected chi connectivity index (χ4v) is 2.51. The molecule has 0 unspecified atom stereocenters. The molecule has 4 heteroatoms. The predicted octanol–water partition coefficient (Wildman–Crippen LogP) is 5.27. The molecule has 0 saturated carbocycles. The number of hydrogen-bond donors (Lipinski definition) is 0. The van der Waals surface area contributed by atoms with Crippen LogP contribution in [0.3, 0.4) is 0 Å². The van der Waals surface area contributed by atoms with Crippen molar-refractivity contribution in [3.05, 3.63) is 65.4 Å². The van der Waals surface area contributed by atoms with Gasteiger partial charge in [0.2, 0.25) is 0 Å². The maximum absolute atomic E-state index is 12.0. The van der Waals surface area contributed by atoms with Gasteiger partial charge < -0.3 is 4.74 Å². The molecule has 110 valence electrons. The number of halogens is 1. The Morgan fingerprint density at radius 1 is 1.14 bits per heavy atom. The van der Waals surface area contributed by atoms with E-state index in [2.05, 4.69) is 4.98 Å². The smallest absolute Gasteiger partial charge is 0.163 e. The van der Waals surface area contributed by atoms with Crippen LogP contribution in [0.1, 0.15) is 23.7 Å². The highest BCUT2D eigenvalue weighted by atomic mass is 35.5. The minimum absolute atomic E-state index is 0.139. The second-order valence-corrected chi connectivity index (χ2v) is 5.27. The number of fused-ring (bicyclic) bond motifs is 1. The van der Waals surface area contributed by atoms with Gasteiger partial charge in [0.25, 0.3) is 0 Å². The number of aromatic nitrogens is 1. The van der Waals surface area contributed by atoms with Crippen molar-refractivity contribution in [3.63, 3.8) is 0 Å². The Morgan fingerprint density at radius 2 is 1.95 bits per heavy atom. The number of rotatable bonds is 4. The average Bonchev–Trinajstić information content (AvgIpc) is 2.53. The van der Waals surface area contributed by atoms with Gasteiger partial charge in [-0.1, -0.05) is 36.7 Å². The van der Waals surface area contributed by atoms with Crippen LogP contribution in [0.5, 0.6) is 11.5 Å². The number of carbonyl (C=O) groups excluding carboxylic acids is 1. The molecule has 2 aromatic carbocycles. The molecule has 0 aliphatic rings. The SMILES string of the molecule is CCC(=O)c1cccc2cc(Oc3ccnc(Cl)c3)ccc12. The van der Waals surface area contributed by atoms with Gasteiger partial charge in [0.15, 0.2) is 5.78 Å². The monoisotopic (exact) mass is 311 g/mol. The summed E-state index contributed by atoms with van der Waals surface area (Å²) >= 11 is 5.85. The van der Waals surface area contributed by atoms with Crippen LogP contribution in [-0.4, -0.2) is 10.8 Å². The minimum atomic E-state index is 0.139. The van der Waals surface area contributed by atoms with Crippen molar-refractivity contribution in [2.75, 3.05) is 0 Å². The number of carbonyl (C=O) groups is 1. The normalized spacial score (nSPS) is 10.6. The third-order valence-electron chi connectivity index (χ3n) is 3.41. The molecule has 0 radical (unpaired) electrons. The Labute approximate surface area is 133 Å². The Hall–Kier alpha value is -2.39. The van der Waals surface area contributed by atoms with Crippen LogP contribution in [0.4, 0.5) is 0 Å². The Balaban J connectivity index is 1.98. The Kier molecular flexibility index (Phi) is 4.07. The van der Waals surface area contributed by atoms with Crippen molar-refractivity contribution in [3.8, 4) is 11.5 Å². The van der Waals surface area contributed by atoms with E-state index in [-0.39, 0.29) is 5.78 Å². The van der Waals surface area contributed by atoms with Crippen molar-refractivity contribution in [2.24, 2.45) is 0 Å². The van der Waals surface area contributed by atoms with Gasteiger partial charge in [-0.2, -0.15) is 0 Å². The van der Waals surface area contributed by atoms with Gasteiger partial charge in [0, 0.05) is 24.2 Å². The summed E-state index contributed by atoms with van der Waals surface area (Å²) in [6.45, 7) is 1.87. The highest BCUT2D eigenvalue weighted by Crippen LogP contribution is 2.28. The van der Waals surface area contributed by atoms with Crippen molar-refractivity contribution in [1.82, 2.24) is 4.98 Å². The number of pyridine rings is 1. The number of Topliss-reactive ketones (excluding diaryl/α,β-unsaturated/α-hetero) is 1. The van der Waals surface area contributed by atoms with Gasteiger partial charge in [0.1, 0.15) is 16.7 Å². The first-order valence-electron chi connectivity index (χ1n) is 7.03. The molecule has 0 N–H and O–H groups in total. The highest BCUT2D eigenvalue weighted by molar-refractivity contribution is 6.29. The molecule has 1 heterocycles. The number of ketones is 1. The van der Waals surface area contributed by atoms with E-state index in [0.29, 0.717) is 23.1 Å². The van der Waals surface area contributed by atoms with Gasteiger partial charge in [0.05, 0.1) is 0 Å². The number of hydrogen-bond acceptors (Lipinski definition) is 3. The van der Waals surface area contributed by atoms with Gasteiger partial charge in [-0.05, 0) is 35.0 Å². The predicted molar refractivity (Wildman–Crippen MR) is 87.9 cm³/mol. The summed E-state index contributed by atoms with van der Waals surface area (Å²) in [7, 11) is 0. The van der Waals surface area contributed by atoms with Gasteiger partial charge in [-0.3, -0.25) is 4.79 Å². The molecular formula is C18H14ClNO2. The van der Waals surface area contributed by atoms with E-state index in [9.17, 15) is 4.79 Å². The lowest BCUT2D eigenvalue weighted by molar-refractivity contribution is 0.0989. The van der Waals surface area contributed by atoms with E-state index in [1.165, 1.54) is 0 Å². The lowest BCUT2D eigenvalue weighted by Crippen LogP contribution is -1.97. The molecule has 0 fully saturated rings. The van der Waals surface area contributed by atoms with Crippen molar-refractivity contribution < 1.29 is 9.53 Å². The first kappa shape index (κ1) is 14.5. The molecule has 0 bridgehead atoms. The zero-order valence-corrected chi connectivity index (χ0v) is 12.8. The lowest BCUT2D eigenvalue weighted by Gasteiger charge is -2.09. The summed E-state index contributed by atoms with van der Waals surface area (Å²) in [5.74, 6) is 1.45. The fourth-order valence-electron chi connectivity index (χ4n) is 2.34. The average molecular weight is 312 g/mol. The van der Waals surface area contributed by atoms with Crippen molar-refractivity contribution in [2.45, 2.75) is 13.3 Å². The van der Waals surface area contributed by atoms with Gasteiger partial charge in [-0.25, -0.2) is 4.98 Å². The third kappa shape index (κ3) is 2.95. The molecule has 3 aromatic rings. The molecule has 3 nitrogen and oxygen atoms in total. The van der Waals surface area contributed by atoms with Gasteiger partial charge in [-0.15, -0.1) is 0 Å². The van der Waals surface area contributed by atoms with E-state index in [4.69, 9.17) is 16.3 Å². The maximum atomic E-state index is 12.0. The van der Waals surface area contributed by atoms with Gasteiger partial charge >= 0.3 is 0 Å². The van der Waals surface area contributed by atoms with E-state index < -0.39 is 0 Å². The molecule has 22 heavy (non-hydrogen) atoms. The molecule has 0 atom stereocenters. The summed E-state index contributed by atoms with van der Waals surface area (Å²) < 4.78 is 5.78. The van der Waals surface area contributed by atoms with E-state index in [0.717, 1.165) is 16.3 Å². The molecule has 0 saturated heterocycles. The summed E-state index contributed by atoms with van der Waals surface area (Å²) in [5, 5.41) is 2.29. The van der Waals surface area contributed by atoms with Crippen LogP contribution in [0.2, 0.25) is 5.15 Å². The van der Waals surface area contributed by atoms with Crippen molar-refractivity contribution >= 4 is 28.2 Å². The molecule has 0 aliphatic heterocycles. The summed E-state index contributed by atoms with van der Waals surface area (Å²) in [4.78, 5) is 15.9. The Bertz CT molecular complexity index is 845. The maximum Gasteiger partial charge on any atom is 0.163 e. The number of ether oxygens (including phenoxy) is 1. The highest BCUT2D eigenvalue weighted by Gasteiger charge is 2.09. The summed E-state index contributed by atoms with van der Waals surface area (Å²) in [6, 6.07) is 14.8. The summed E-state index contributed by atoms with van der Waals surface area (Å²) in [6.07, 6.45) is 2.09. The molecule has 3 rings (SSSR count). The van der Waals surface area contributed by atoms with Crippen LogP contribution in [0, 0.1) is 0 Å². The first-order chi connectivity index (χ1) is 10.7. The molecule has 0 aliphatic carbocycles. The minimum Gasteiger partial charge on any atom is -0.457 e. The molecular weight excluding hydrogens is 298 g/mol. The quantitative estimate of drug-likeness (QED) is 0.486. The van der Waals surface area contributed by atoms with E-state index in [1.807, 2.05) is 43.3 Å². The summed E-state index contributed by atoms with van der Waals surface area (Å²) in [5.41, 5.74) is 0.749. The zero-order chi connectivity index (χ0) is 15.5. The van der Waals surface area contributed by atoms with Crippen LogP contribution in [0.25, 0.3) is 10.8 Å². The fraction of sp³-hybridized carbons (Fsp3) is 0.111. The zero-order valence-electron chi connectivity index (χ0n) is 12.0. The standard InChI is InChI=1S/C18H14ClNO2/c1-2-17(21)16-5-3-4-12-10-13(6-7-15(12)16)22-14-8-9-20-18(19)11-14/h3-11H,2H2,1H3. The van der Waals surface area contributed by atoms with Crippen LogP contribution in [0.15, 0.2) is 54.7 Å². The topological polar surface area (TPSA) is 39.2 Å². The third-order valence-corrected chi connectivity index (χ3v) is 3.61. The molecule has 0 amide bonds.